The zero-order valence-electron chi connectivity index (χ0n) is 8.20. The maximum Gasteiger partial charge on any atom is 0.244 e. The van der Waals surface area contributed by atoms with Gasteiger partial charge in [-0.05, 0) is 18.2 Å². The average molecular weight is 291 g/mol. The Morgan fingerprint density at radius 3 is 2.93 bits per heavy atom. The number of rotatable bonds is 0. The number of sulfonamides is 1. The van der Waals surface area contributed by atoms with E-state index in [9.17, 15) is 8.42 Å². The van der Waals surface area contributed by atoms with Gasteiger partial charge in [-0.1, -0.05) is 15.9 Å². The molecule has 2 rings (SSSR count). The zero-order valence-corrected chi connectivity index (χ0v) is 10.6. The number of halogens is 1. The molecule has 0 fully saturated rings. The first-order valence-corrected chi connectivity index (χ1v) is 6.75. The third kappa shape index (κ3) is 1.89. The molecule has 1 aliphatic rings. The second kappa shape index (κ2) is 3.77. The van der Waals surface area contributed by atoms with Gasteiger partial charge in [-0.2, -0.15) is 4.31 Å². The van der Waals surface area contributed by atoms with Crippen LogP contribution in [0.25, 0.3) is 0 Å². The van der Waals surface area contributed by atoms with E-state index in [-0.39, 0.29) is 0 Å². The molecule has 1 aliphatic heterocycles. The predicted molar refractivity (Wildman–Crippen MR) is 62.4 cm³/mol. The van der Waals surface area contributed by atoms with Gasteiger partial charge in [0.2, 0.25) is 10.0 Å². The van der Waals surface area contributed by atoms with E-state index in [1.165, 1.54) is 4.31 Å². The SMILES string of the molecule is CN1CCNc2ccc(Br)cc2S1(=O)=O. The van der Waals surface area contributed by atoms with Gasteiger partial charge >= 0.3 is 0 Å². The molecule has 0 spiro atoms. The van der Waals surface area contributed by atoms with Crippen LogP contribution in [0, 0.1) is 0 Å². The number of benzene rings is 1. The first-order chi connectivity index (χ1) is 7.01. The smallest absolute Gasteiger partial charge is 0.244 e. The fraction of sp³-hybridized carbons (Fsp3) is 0.333. The molecule has 15 heavy (non-hydrogen) atoms. The van der Waals surface area contributed by atoms with Crippen LogP contribution in [-0.2, 0) is 10.0 Å². The van der Waals surface area contributed by atoms with Crippen molar-refractivity contribution in [2.45, 2.75) is 4.90 Å². The van der Waals surface area contributed by atoms with Gasteiger partial charge < -0.3 is 5.32 Å². The lowest BCUT2D eigenvalue weighted by Crippen LogP contribution is -2.28. The molecule has 0 saturated carbocycles. The van der Waals surface area contributed by atoms with E-state index in [4.69, 9.17) is 0 Å². The van der Waals surface area contributed by atoms with Crippen molar-refractivity contribution in [2.75, 3.05) is 25.5 Å². The van der Waals surface area contributed by atoms with E-state index in [1.54, 1.807) is 19.2 Å². The Hall–Kier alpha value is -0.590. The lowest BCUT2D eigenvalue weighted by atomic mass is 10.3. The van der Waals surface area contributed by atoms with Crippen molar-refractivity contribution in [3.8, 4) is 0 Å². The Balaban J connectivity index is 2.66. The van der Waals surface area contributed by atoms with Crippen LogP contribution >= 0.6 is 15.9 Å². The minimum atomic E-state index is -3.34. The lowest BCUT2D eigenvalue weighted by Gasteiger charge is -2.13. The summed E-state index contributed by atoms with van der Waals surface area (Å²) in [5, 5.41) is 3.10. The van der Waals surface area contributed by atoms with E-state index in [2.05, 4.69) is 21.2 Å². The molecule has 0 aromatic heterocycles. The Morgan fingerprint density at radius 2 is 2.20 bits per heavy atom. The summed E-state index contributed by atoms with van der Waals surface area (Å²) in [5.41, 5.74) is 0.669. The predicted octanol–water partition coefficient (Wildman–Crippen LogP) is 1.50. The van der Waals surface area contributed by atoms with Gasteiger partial charge in [-0.25, -0.2) is 8.42 Å². The van der Waals surface area contributed by atoms with Gasteiger partial charge in [0.1, 0.15) is 4.90 Å². The fourth-order valence-electron chi connectivity index (χ4n) is 1.49. The highest BCUT2D eigenvalue weighted by molar-refractivity contribution is 9.10. The molecular formula is C9H11BrN2O2S. The monoisotopic (exact) mass is 290 g/mol. The molecule has 1 N–H and O–H groups in total. The summed E-state index contributed by atoms with van der Waals surface area (Å²) >= 11 is 3.28. The number of hydrogen-bond acceptors (Lipinski definition) is 3. The maximum atomic E-state index is 12.0. The minimum Gasteiger partial charge on any atom is -0.383 e. The lowest BCUT2D eigenvalue weighted by molar-refractivity contribution is 0.485. The molecule has 0 saturated heterocycles. The molecular weight excluding hydrogens is 280 g/mol. The van der Waals surface area contributed by atoms with Crippen molar-refractivity contribution >= 4 is 31.6 Å². The van der Waals surface area contributed by atoms with Gasteiger partial charge in [-0.15, -0.1) is 0 Å². The van der Waals surface area contributed by atoms with Crippen LogP contribution in [-0.4, -0.2) is 32.9 Å². The van der Waals surface area contributed by atoms with Crippen molar-refractivity contribution in [3.05, 3.63) is 22.7 Å². The zero-order chi connectivity index (χ0) is 11.1. The summed E-state index contributed by atoms with van der Waals surface area (Å²) < 4.78 is 26.2. The number of nitrogens with one attached hydrogen (secondary N) is 1. The van der Waals surface area contributed by atoms with Gasteiger partial charge in [0.15, 0.2) is 0 Å². The van der Waals surface area contributed by atoms with Crippen molar-refractivity contribution in [1.82, 2.24) is 4.31 Å². The van der Waals surface area contributed by atoms with Gasteiger partial charge in [0.05, 0.1) is 5.69 Å². The molecule has 0 radical (unpaired) electrons. The number of nitrogens with zero attached hydrogens (tertiary/aromatic N) is 1. The Labute approximate surface area is 97.5 Å². The Morgan fingerprint density at radius 1 is 1.47 bits per heavy atom. The average Bonchev–Trinajstić information content (AvgIpc) is 2.28. The molecule has 4 nitrogen and oxygen atoms in total. The third-order valence-electron chi connectivity index (χ3n) is 2.37. The second-order valence-electron chi connectivity index (χ2n) is 3.39. The molecule has 82 valence electrons. The van der Waals surface area contributed by atoms with Crippen LogP contribution in [0.1, 0.15) is 0 Å². The van der Waals surface area contributed by atoms with Crippen molar-refractivity contribution < 1.29 is 8.42 Å². The van der Waals surface area contributed by atoms with Gasteiger partial charge in [0, 0.05) is 24.6 Å². The van der Waals surface area contributed by atoms with E-state index in [0.717, 1.165) is 4.47 Å². The van der Waals surface area contributed by atoms with Crippen LogP contribution in [0.2, 0.25) is 0 Å². The number of likely N-dealkylation sites (N-methyl/N-ethyl adjacent to an activating group) is 1. The number of fused-ring (bicyclic) bond motifs is 1. The normalized spacial score (nSPS) is 20.1. The second-order valence-corrected chi connectivity index (χ2v) is 6.32. The highest BCUT2D eigenvalue weighted by Crippen LogP contribution is 2.29. The summed E-state index contributed by atoms with van der Waals surface area (Å²) in [6.07, 6.45) is 0. The molecule has 1 aromatic rings. The van der Waals surface area contributed by atoms with E-state index in [0.29, 0.717) is 23.7 Å². The summed E-state index contributed by atoms with van der Waals surface area (Å²) in [4.78, 5) is 0.330. The summed E-state index contributed by atoms with van der Waals surface area (Å²) in [7, 11) is -1.75. The van der Waals surface area contributed by atoms with Crippen molar-refractivity contribution in [1.29, 1.82) is 0 Å². The maximum absolute atomic E-state index is 12.0. The van der Waals surface area contributed by atoms with E-state index in [1.807, 2.05) is 6.07 Å². The van der Waals surface area contributed by atoms with Crippen LogP contribution in [0.15, 0.2) is 27.6 Å². The van der Waals surface area contributed by atoms with Crippen LogP contribution < -0.4 is 5.32 Å². The Kier molecular flexibility index (Phi) is 2.74. The van der Waals surface area contributed by atoms with Crippen LogP contribution in [0.5, 0.6) is 0 Å². The van der Waals surface area contributed by atoms with E-state index < -0.39 is 10.0 Å². The molecule has 1 aromatic carbocycles. The highest BCUT2D eigenvalue weighted by atomic mass is 79.9. The number of hydrogen-bond donors (Lipinski definition) is 1. The molecule has 0 atom stereocenters. The summed E-state index contributed by atoms with van der Waals surface area (Å²) in [5.74, 6) is 0. The topological polar surface area (TPSA) is 49.4 Å². The van der Waals surface area contributed by atoms with Crippen LogP contribution in [0.3, 0.4) is 0 Å². The van der Waals surface area contributed by atoms with Crippen LogP contribution in [0.4, 0.5) is 5.69 Å². The van der Waals surface area contributed by atoms with Gasteiger partial charge in [-0.3, -0.25) is 0 Å². The quantitative estimate of drug-likeness (QED) is 0.788. The first-order valence-electron chi connectivity index (χ1n) is 4.51. The Bertz CT molecular complexity index is 487. The largest absolute Gasteiger partial charge is 0.383 e. The summed E-state index contributed by atoms with van der Waals surface area (Å²) in [6, 6.07) is 5.22. The first kappa shape index (κ1) is 10.9. The fourth-order valence-corrected chi connectivity index (χ4v) is 3.37. The molecule has 1 heterocycles. The van der Waals surface area contributed by atoms with Crippen molar-refractivity contribution in [3.63, 3.8) is 0 Å². The van der Waals surface area contributed by atoms with Gasteiger partial charge in [0.25, 0.3) is 0 Å². The molecule has 0 unspecified atom stereocenters. The molecule has 0 amide bonds. The highest BCUT2D eigenvalue weighted by Gasteiger charge is 2.26. The number of anilines is 1. The molecule has 6 heteroatoms. The standard InChI is InChI=1S/C9H11BrN2O2S/c1-12-5-4-11-8-3-2-7(10)6-9(8)15(12,13)14/h2-3,6,11H,4-5H2,1H3. The third-order valence-corrected chi connectivity index (χ3v) is 4.76. The van der Waals surface area contributed by atoms with E-state index >= 15 is 0 Å². The molecule has 0 bridgehead atoms. The van der Waals surface area contributed by atoms with Crippen molar-refractivity contribution in [2.24, 2.45) is 0 Å². The summed E-state index contributed by atoms with van der Waals surface area (Å²) in [6.45, 7) is 1.11. The molecule has 0 aliphatic carbocycles. The minimum absolute atomic E-state index is 0.330.